The summed E-state index contributed by atoms with van der Waals surface area (Å²) in [5, 5.41) is 10.4. The first-order chi connectivity index (χ1) is 6.79. The van der Waals surface area contributed by atoms with Crippen molar-refractivity contribution in [1.29, 1.82) is 0 Å². The van der Waals surface area contributed by atoms with Crippen LogP contribution in [0.25, 0.3) is 0 Å². The molecule has 3 N–H and O–H groups in total. The Balaban J connectivity index is 2.17. The average molecular weight is 210 g/mol. The normalized spacial score (nSPS) is 23.6. The quantitative estimate of drug-likeness (QED) is 0.778. The summed E-state index contributed by atoms with van der Waals surface area (Å²) in [6, 6.07) is 3.67. The van der Waals surface area contributed by atoms with Gasteiger partial charge >= 0.3 is 0 Å². The molecule has 0 spiro atoms. The van der Waals surface area contributed by atoms with Crippen LogP contribution < -0.4 is 5.73 Å². The summed E-state index contributed by atoms with van der Waals surface area (Å²) < 4.78 is 0. The van der Waals surface area contributed by atoms with Crippen molar-refractivity contribution in [2.45, 2.75) is 24.2 Å². The average Bonchev–Trinajstić information content (AvgIpc) is 2.70. The molecule has 2 atom stereocenters. The van der Waals surface area contributed by atoms with Crippen molar-refractivity contribution in [2.24, 2.45) is 0 Å². The van der Waals surface area contributed by atoms with Crippen LogP contribution in [0, 0.1) is 0 Å². The van der Waals surface area contributed by atoms with Crippen molar-refractivity contribution in [3.8, 4) is 0 Å². The third-order valence-corrected chi connectivity index (χ3v) is 3.95. The minimum absolute atomic E-state index is 0.293. The Morgan fingerprint density at radius 2 is 2.50 bits per heavy atom. The van der Waals surface area contributed by atoms with Crippen LogP contribution in [0.1, 0.15) is 24.5 Å². The number of aliphatic hydroxyl groups excluding tert-OH is 1. The monoisotopic (exact) mass is 210 g/mol. The van der Waals surface area contributed by atoms with Crippen LogP contribution in [-0.4, -0.2) is 21.1 Å². The van der Waals surface area contributed by atoms with E-state index in [0.29, 0.717) is 11.1 Å². The molecule has 2 unspecified atom stereocenters. The van der Waals surface area contributed by atoms with Gasteiger partial charge in [0, 0.05) is 17.0 Å². The first kappa shape index (κ1) is 9.80. The van der Waals surface area contributed by atoms with Gasteiger partial charge in [-0.05, 0) is 24.7 Å². The predicted octanol–water partition coefficient (Wildman–Crippen LogP) is 1.59. The molecule has 0 radical (unpaired) electrons. The molecule has 4 heteroatoms. The van der Waals surface area contributed by atoms with Crippen LogP contribution >= 0.6 is 11.8 Å². The van der Waals surface area contributed by atoms with E-state index in [0.717, 1.165) is 17.7 Å². The molecule has 1 aliphatic heterocycles. The van der Waals surface area contributed by atoms with E-state index >= 15 is 0 Å². The van der Waals surface area contributed by atoms with Gasteiger partial charge in [0.15, 0.2) is 0 Å². The molecule has 1 aromatic heterocycles. The zero-order valence-corrected chi connectivity index (χ0v) is 8.70. The molecule has 2 heterocycles. The fourth-order valence-corrected chi connectivity index (χ4v) is 3.03. The van der Waals surface area contributed by atoms with Gasteiger partial charge in [-0.3, -0.25) is 0 Å². The number of hydrogen-bond donors (Lipinski definition) is 2. The van der Waals surface area contributed by atoms with Gasteiger partial charge < -0.3 is 10.8 Å². The number of hydrogen-bond acceptors (Lipinski definition) is 4. The lowest BCUT2D eigenvalue weighted by molar-refractivity contribution is 0.173. The first-order valence-corrected chi connectivity index (χ1v) is 5.84. The fraction of sp³-hybridized carbons (Fsp3) is 0.500. The number of nitrogens with two attached hydrogens (primary N) is 1. The number of pyridine rings is 1. The Labute approximate surface area is 87.7 Å². The first-order valence-electron chi connectivity index (χ1n) is 4.79. The van der Waals surface area contributed by atoms with Crippen LogP contribution in [0.5, 0.6) is 0 Å². The zero-order valence-electron chi connectivity index (χ0n) is 7.89. The van der Waals surface area contributed by atoms with Crippen molar-refractivity contribution in [1.82, 2.24) is 4.98 Å². The molecule has 14 heavy (non-hydrogen) atoms. The van der Waals surface area contributed by atoms with E-state index in [1.165, 1.54) is 6.42 Å². The Kier molecular flexibility index (Phi) is 2.93. The molecular formula is C10H14N2OS. The van der Waals surface area contributed by atoms with Crippen LogP contribution in [0.15, 0.2) is 18.3 Å². The van der Waals surface area contributed by atoms with E-state index in [1.54, 1.807) is 6.20 Å². The van der Waals surface area contributed by atoms with Gasteiger partial charge in [-0.25, -0.2) is 4.98 Å². The highest BCUT2D eigenvalue weighted by Crippen LogP contribution is 2.36. The van der Waals surface area contributed by atoms with E-state index < -0.39 is 6.10 Å². The summed E-state index contributed by atoms with van der Waals surface area (Å²) in [5.41, 5.74) is 6.48. The maximum Gasteiger partial charge on any atom is 0.129 e. The summed E-state index contributed by atoms with van der Waals surface area (Å²) in [7, 11) is 0. The SMILES string of the molecule is Nc1ncccc1C(O)C1CCCS1. The summed E-state index contributed by atoms with van der Waals surface area (Å²) in [4.78, 5) is 3.98. The molecule has 1 fully saturated rings. The maximum absolute atomic E-state index is 10.1. The maximum atomic E-state index is 10.1. The number of aliphatic hydroxyl groups is 1. The Hall–Kier alpha value is -0.740. The standard InChI is InChI=1S/C10H14N2OS/c11-10-7(3-1-5-12-10)9(13)8-4-2-6-14-8/h1,3,5,8-9,13H,2,4,6H2,(H2,11,12). The molecule has 0 bridgehead atoms. The summed E-state index contributed by atoms with van der Waals surface area (Å²) in [5.74, 6) is 1.59. The van der Waals surface area contributed by atoms with E-state index in [-0.39, 0.29) is 0 Å². The van der Waals surface area contributed by atoms with Crippen LogP contribution in [-0.2, 0) is 0 Å². The van der Waals surface area contributed by atoms with Gasteiger partial charge in [0.1, 0.15) is 5.82 Å². The Bertz CT molecular complexity index is 313. The van der Waals surface area contributed by atoms with Gasteiger partial charge in [0.25, 0.3) is 0 Å². The van der Waals surface area contributed by atoms with Crippen molar-refractivity contribution in [3.05, 3.63) is 23.9 Å². The van der Waals surface area contributed by atoms with Crippen LogP contribution in [0.4, 0.5) is 5.82 Å². The molecule has 1 saturated heterocycles. The Morgan fingerprint density at radius 1 is 1.64 bits per heavy atom. The summed E-state index contributed by atoms with van der Waals surface area (Å²) >= 11 is 1.82. The minimum Gasteiger partial charge on any atom is -0.387 e. The van der Waals surface area contributed by atoms with E-state index in [4.69, 9.17) is 5.73 Å². The molecular weight excluding hydrogens is 196 g/mol. The third kappa shape index (κ3) is 1.86. The summed E-state index contributed by atoms with van der Waals surface area (Å²) in [6.07, 6.45) is 3.44. The highest BCUT2D eigenvalue weighted by molar-refractivity contribution is 8.00. The molecule has 76 valence electrons. The molecule has 3 nitrogen and oxygen atoms in total. The van der Waals surface area contributed by atoms with Gasteiger partial charge in [-0.2, -0.15) is 11.8 Å². The fourth-order valence-electron chi connectivity index (χ4n) is 1.73. The van der Waals surface area contributed by atoms with Crippen molar-refractivity contribution in [2.75, 3.05) is 11.5 Å². The van der Waals surface area contributed by atoms with E-state index in [9.17, 15) is 5.11 Å². The van der Waals surface area contributed by atoms with Crippen molar-refractivity contribution < 1.29 is 5.11 Å². The topological polar surface area (TPSA) is 59.1 Å². The molecule has 0 saturated carbocycles. The number of rotatable bonds is 2. The smallest absolute Gasteiger partial charge is 0.129 e. The number of aromatic nitrogens is 1. The Morgan fingerprint density at radius 3 is 3.14 bits per heavy atom. The van der Waals surface area contributed by atoms with Gasteiger partial charge in [-0.15, -0.1) is 0 Å². The summed E-state index contributed by atoms with van der Waals surface area (Å²) in [6.45, 7) is 0. The molecule has 1 aromatic rings. The number of thioether (sulfide) groups is 1. The van der Waals surface area contributed by atoms with E-state index in [2.05, 4.69) is 4.98 Å². The molecule has 2 rings (SSSR count). The second-order valence-electron chi connectivity index (χ2n) is 3.47. The molecule has 0 aliphatic carbocycles. The van der Waals surface area contributed by atoms with E-state index in [1.807, 2.05) is 23.9 Å². The molecule has 0 amide bonds. The second kappa shape index (κ2) is 4.19. The van der Waals surface area contributed by atoms with Gasteiger partial charge in [-0.1, -0.05) is 6.07 Å². The highest BCUT2D eigenvalue weighted by atomic mass is 32.2. The van der Waals surface area contributed by atoms with Gasteiger partial charge in [0.05, 0.1) is 6.10 Å². The lowest BCUT2D eigenvalue weighted by atomic mass is 10.0. The number of nitrogen functional groups attached to an aromatic ring is 1. The zero-order chi connectivity index (χ0) is 9.97. The second-order valence-corrected chi connectivity index (χ2v) is 4.82. The minimum atomic E-state index is -0.462. The predicted molar refractivity (Wildman–Crippen MR) is 59.1 cm³/mol. The van der Waals surface area contributed by atoms with Crippen molar-refractivity contribution in [3.63, 3.8) is 0 Å². The largest absolute Gasteiger partial charge is 0.387 e. The van der Waals surface area contributed by atoms with Crippen LogP contribution in [0.2, 0.25) is 0 Å². The van der Waals surface area contributed by atoms with Crippen molar-refractivity contribution >= 4 is 17.6 Å². The number of anilines is 1. The third-order valence-electron chi connectivity index (χ3n) is 2.51. The molecule has 1 aliphatic rings. The van der Waals surface area contributed by atoms with Crippen LogP contribution in [0.3, 0.4) is 0 Å². The lowest BCUT2D eigenvalue weighted by Gasteiger charge is -2.18. The van der Waals surface area contributed by atoms with Gasteiger partial charge in [0.2, 0.25) is 0 Å². The number of nitrogens with zero attached hydrogens (tertiary/aromatic N) is 1. The molecule has 0 aromatic carbocycles. The highest BCUT2D eigenvalue weighted by Gasteiger charge is 2.26. The lowest BCUT2D eigenvalue weighted by Crippen LogP contribution is -2.14.